The predicted molar refractivity (Wildman–Crippen MR) is 119 cm³/mol. The zero-order chi connectivity index (χ0) is 24.2. The molecule has 0 amide bonds. The molecule has 0 unspecified atom stereocenters. The maximum atomic E-state index is 11.8. The number of hydrogen-bond acceptors (Lipinski definition) is 5. The van der Waals surface area contributed by atoms with Crippen LogP contribution in [0.5, 0.6) is 5.88 Å². The Morgan fingerprint density at radius 2 is 1.12 bits per heavy atom. The van der Waals surface area contributed by atoms with Gasteiger partial charge in [0.05, 0.1) is 0 Å². The van der Waals surface area contributed by atoms with Gasteiger partial charge in [0.15, 0.2) is 6.08 Å². The molecule has 0 aromatic carbocycles. The number of aromatic nitrogens is 4. The smallest absolute Gasteiger partial charge is 0.858 e. The first-order chi connectivity index (χ1) is 14.7. The van der Waals surface area contributed by atoms with E-state index in [1.807, 2.05) is 6.20 Å². The number of rotatable bonds is 6. The molecule has 0 saturated carbocycles. The van der Waals surface area contributed by atoms with Crippen molar-refractivity contribution in [1.82, 2.24) is 19.9 Å². The van der Waals surface area contributed by atoms with Crippen LogP contribution in [0.25, 0.3) is 0 Å². The monoisotopic (exact) mass is 540 g/mol. The van der Waals surface area contributed by atoms with E-state index in [0.29, 0.717) is 21.9 Å². The van der Waals surface area contributed by atoms with Gasteiger partial charge in [0.25, 0.3) is 0 Å². The quantitative estimate of drug-likeness (QED) is 0.122. The van der Waals surface area contributed by atoms with Crippen molar-refractivity contribution >= 4 is 15.8 Å². The summed E-state index contributed by atoms with van der Waals surface area (Å²) >= 11 is 0. The molecule has 0 fully saturated rings. The van der Waals surface area contributed by atoms with Crippen molar-refractivity contribution in [2.75, 3.05) is 37.0 Å². The average molecular weight is 541 g/mol. The van der Waals surface area contributed by atoms with Gasteiger partial charge >= 0.3 is 22.6 Å². The molecule has 0 aliphatic carbocycles. The van der Waals surface area contributed by atoms with Gasteiger partial charge in [0.1, 0.15) is 5.95 Å². The van der Waals surface area contributed by atoms with Crippen molar-refractivity contribution in [2.24, 2.45) is 0 Å². The minimum atomic E-state index is -1.33. The van der Waals surface area contributed by atoms with E-state index in [2.05, 4.69) is 61.5 Å². The standard InChI is InChI=1S/2C6H15P.C4H2F2N2O.C4HF2N2.Ni/c2*1-4-7(5-2)6-3;5-2-1-3(9)8-4(6)7-2;5-3-1-2-7-4(6)8-3;/h2*4-6H2,1-3H3;1H,(H,7,8,9);1H;/q;;;-1;+2/p-1. The summed E-state index contributed by atoms with van der Waals surface area (Å²) in [7, 11) is 0.892. The van der Waals surface area contributed by atoms with Crippen LogP contribution in [0.15, 0.2) is 12.1 Å². The molecule has 2 aromatic heterocycles. The first-order valence-corrected chi connectivity index (χ1v) is 13.8. The summed E-state index contributed by atoms with van der Waals surface area (Å²) in [6.45, 7) is 13.7. The van der Waals surface area contributed by atoms with Crippen molar-refractivity contribution < 1.29 is 39.2 Å². The second-order valence-electron chi connectivity index (χ2n) is 5.63. The van der Waals surface area contributed by atoms with Gasteiger partial charge < -0.3 is 15.1 Å². The third-order valence-corrected chi connectivity index (χ3v) is 9.23. The zero-order valence-electron chi connectivity index (χ0n) is 19.3. The summed E-state index contributed by atoms with van der Waals surface area (Å²) in [5.74, 6) is -3.01. The fraction of sp³-hybridized carbons (Fsp3) is 0.600. The van der Waals surface area contributed by atoms with Crippen LogP contribution in [0.1, 0.15) is 41.5 Å². The Morgan fingerprint density at radius 1 is 0.719 bits per heavy atom. The van der Waals surface area contributed by atoms with Gasteiger partial charge in [0, 0.05) is 6.07 Å². The summed E-state index contributed by atoms with van der Waals surface area (Å²) in [5.41, 5.74) is 0. The summed E-state index contributed by atoms with van der Waals surface area (Å²) in [5, 5.41) is 10.1. The molecule has 0 bridgehead atoms. The number of nitrogens with zero attached hydrogens (tertiary/aromatic N) is 4. The van der Waals surface area contributed by atoms with E-state index in [4.69, 9.17) is 0 Å². The van der Waals surface area contributed by atoms with Crippen LogP contribution in [0.2, 0.25) is 0 Å². The van der Waals surface area contributed by atoms with E-state index >= 15 is 0 Å². The third kappa shape index (κ3) is 20.9. The summed E-state index contributed by atoms with van der Waals surface area (Å²) in [6, 6.07) is 1.35. The van der Waals surface area contributed by atoms with Crippen LogP contribution in [0.3, 0.4) is 0 Å². The van der Waals surface area contributed by atoms with Crippen LogP contribution < -0.4 is 5.11 Å². The van der Waals surface area contributed by atoms with E-state index in [1.165, 1.54) is 37.0 Å². The predicted octanol–water partition coefficient (Wildman–Crippen LogP) is 5.44. The van der Waals surface area contributed by atoms with Gasteiger partial charge in [-0.3, -0.25) is 4.39 Å². The molecule has 0 saturated heterocycles. The van der Waals surface area contributed by atoms with E-state index in [-0.39, 0.29) is 16.5 Å². The zero-order valence-corrected chi connectivity index (χ0v) is 22.1. The first kappa shape index (κ1) is 35.6. The van der Waals surface area contributed by atoms with Crippen LogP contribution in [-0.2, 0) is 16.5 Å². The molecule has 0 aliphatic rings. The van der Waals surface area contributed by atoms with Crippen LogP contribution in [0, 0.1) is 30.2 Å². The molecule has 0 radical (unpaired) electrons. The van der Waals surface area contributed by atoms with E-state index < -0.39 is 29.9 Å². The third-order valence-electron chi connectivity index (χ3n) is 3.87. The van der Waals surface area contributed by atoms with Gasteiger partial charge in [-0.25, -0.2) is 9.37 Å². The van der Waals surface area contributed by atoms with Crippen molar-refractivity contribution in [2.45, 2.75) is 41.5 Å². The fourth-order valence-corrected chi connectivity index (χ4v) is 4.68. The average Bonchev–Trinajstić information content (AvgIpc) is 2.71. The first-order valence-electron chi connectivity index (χ1n) is 10.0. The largest absolute Gasteiger partial charge is 2.00 e. The Hall–Kier alpha value is -0.966. The molecule has 2 heterocycles. The molecule has 0 aliphatic heterocycles. The molecule has 2 rings (SSSR count). The number of hydrogen-bond donors (Lipinski definition) is 0. The minimum absolute atomic E-state index is 0. The van der Waals surface area contributed by atoms with Crippen molar-refractivity contribution in [3.05, 3.63) is 42.4 Å². The number of halogens is 4. The Kier molecular flexibility index (Phi) is 25.8. The van der Waals surface area contributed by atoms with Crippen LogP contribution in [0.4, 0.5) is 17.6 Å². The Labute approximate surface area is 201 Å². The molecule has 5 nitrogen and oxygen atoms in total. The maximum absolute atomic E-state index is 11.8. The van der Waals surface area contributed by atoms with Gasteiger partial charge in [-0.1, -0.05) is 47.7 Å². The van der Waals surface area contributed by atoms with Gasteiger partial charge in [-0.15, -0.1) is 21.9 Å². The molecular formula is C20H32F4N4NiOP2. The molecular weight excluding hydrogens is 509 g/mol. The van der Waals surface area contributed by atoms with E-state index in [1.54, 1.807) is 0 Å². The molecule has 0 atom stereocenters. The summed E-state index contributed by atoms with van der Waals surface area (Å²) in [6.07, 6.45) is 8.05. The second kappa shape index (κ2) is 23.2. The van der Waals surface area contributed by atoms with Crippen molar-refractivity contribution in [1.29, 1.82) is 0 Å². The SMILES string of the molecule is CCP(CC)CC.CCP(CC)CC.Fc1c[c-]nc(F)n1.[Ni+2].[O-]c1cc(F)nc(F)n1. The Bertz CT molecular complexity index is 610. The van der Waals surface area contributed by atoms with Crippen molar-refractivity contribution in [3.8, 4) is 5.88 Å². The second-order valence-corrected chi connectivity index (χ2v) is 12.1. The normalized spacial score (nSPS) is 9.50. The molecule has 186 valence electrons. The van der Waals surface area contributed by atoms with Crippen LogP contribution >= 0.6 is 15.8 Å². The topological polar surface area (TPSA) is 74.6 Å². The molecule has 0 spiro atoms. The van der Waals surface area contributed by atoms with E-state index in [9.17, 15) is 22.7 Å². The molecule has 0 N–H and O–H groups in total. The van der Waals surface area contributed by atoms with Gasteiger partial charge in [-0.05, 0) is 42.9 Å². The summed E-state index contributed by atoms with van der Waals surface area (Å²) in [4.78, 5) is 10.8. The molecule has 12 heteroatoms. The fourth-order valence-electron chi connectivity index (χ4n) is 2.00. The van der Waals surface area contributed by atoms with E-state index in [0.717, 1.165) is 6.07 Å². The van der Waals surface area contributed by atoms with Gasteiger partial charge in [0.2, 0.25) is 5.95 Å². The Morgan fingerprint density at radius 3 is 1.34 bits per heavy atom. The minimum Gasteiger partial charge on any atom is -0.858 e. The molecule has 2 aromatic rings. The van der Waals surface area contributed by atoms with Gasteiger partial charge in [-0.2, -0.15) is 13.8 Å². The summed E-state index contributed by atoms with van der Waals surface area (Å²) < 4.78 is 47.0. The molecule has 32 heavy (non-hydrogen) atoms. The maximum Gasteiger partial charge on any atom is 2.00 e. The Balaban J connectivity index is -0.000000349. The van der Waals surface area contributed by atoms with Crippen LogP contribution in [-0.4, -0.2) is 56.9 Å². The van der Waals surface area contributed by atoms with Crippen molar-refractivity contribution in [3.63, 3.8) is 0 Å².